The highest BCUT2D eigenvalue weighted by Crippen LogP contribution is 2.36. The molecule has 0 saturated carbocycles. The lowest BCUT2D eigenvalue weighted by Gasteiger charge is -2.19. The molecule has 0 bridgehead atoms. The van der Waals surface area contributed by atoms with Crippen LogP contribution in [0.25, 0.3) is 0 Å². The van der Waals surface area contributed by atoms with Gasteiger partial charge in [0.1, 0.15) is 13.2 Å². The number of benzene rings is 1. The van der Waals surface area contributed by atoms with Crippen molar-refractivity contribution in [2.45, 2.75) is 18.9 Å². The van der Waals surface area contributed by atoms with Gasteiger partial charge in [-0.3, -0.25) is 0 Å². The average molecular weight is 241 g/mol. The molecule has 1 saturated heterocycles. The van der Waals surface area contributed by atoms with Crippen molar-refractivity contribution in [3.05, 3.63) is 22.7 Å². The maximum atomic E-state index is 6.19. The highest BCUT2D eigenvalue weighted by atomic mass is 35.5. The molecule has 1 aromatic rings. The van der Waals surface area contributed by atoms with Crippen LogP contribution >= 0.6 is 11.6 Å². The quantitative estimate of drug-likeness (QED) is 0.761. The number of rotatable bonds is 3. The number of aryl methyl sites for hydroxylation is 1. The van der Waals surface area contributed by atoms with Crippen molar-refractivity contribution in [2.75, 3.05) is 19.8 Å². The second-order valence-electron chi connectivity index (χ2n) is 4.08. The summed E-state index contributed by atoms with van der Waals surface area (Å²) < 4.78 is 16.2. The van der Waals surface area contributed by atoms with Gasteiger partial charge in [0.25, 0.3) is 0 Å². The Morgan fingerprint density at radius 2 is 1.88 bits per heavy atom. The predicted molar refractivity (Wildman–Crippen MR) is 60.5 cm³/mol. The molecule has 2 aliphatic rings. The fraction of sp³-hybridized carbons (Fsp3) is 0.500. The standard InChI is InChI=1S/C12H13ClO3/c13-10-6-12-11(14-3-4-15-12)5-8(10)1-2-9-7-16-9/h5-6,9H,1-4,7H2. The minimum atomic E-state index is 0.435. The first-order chi connectivity index (χ1) is 7.83. The number of epoxide rings is 1. The maximum Gasteiger partial charge on any atom is 0.162 e. The average Bonchev–Trinajstić information content (AvgIpc) is 3.10. The summed E-state index contributed by atoms with van der Waals surface area (Å²) in [6.07, 6.45) is 2.39. The van der Waals surface area contributed by atoms with E-state index in [0.717, 1.165) is 41.5 Å². The normalized spacial score (nSPS) is 21.9. The second-order valence-corrected chi connectivity index (χ2v) is 4.49. The van der Waals surface area contributed by atoms with E-state index in [1.807, 2.05) is 12.1 Å². The molecule has 0 aliphatic carbocycles. The van der Waals surface area contributed by atoms with Gasteiger partial charge in [-0.2, -0.15) is 0 Å². The first-order valence-corrected chi connectivity index (χ1v) is 5.90. The van der Waals surface area contributed by atoms with E-state index in [-0.39, 0.29) is 0 Å². The molecule has 2 heterocycles. The van der Waals surface area contributed by atoms with E-state index < -0.39 is 0 Å². The van der Waals surface area contributed by atoms with E-state index in [1.165, 1.54) is 0 Å². The van der Waals surface area contributed by atoms with Crippen LogP contribution in [0.2, 0.25) is 5.02 Å². The molecule has 1 unspecified atom stereocenters. The van der Waals surface area contributed by atoms with E-state index in [1.54, 1.807) is 0 Å². The summed E-state index contributed by atoms with van der Waals surface area (Å²) in [6.45, 7) is 2.10. The van der Waals surface area contributed by atoms with Gasteiger partial charge in [-0.25, -0.2) is 0 Å². The van der Waals surface area contributed by atoms with Crippen LogP contribution < -0.4 is 9.47 Å². The minimum Gasteiger partial charge on any atom is -0.486 e. The molecule has 0 N–H and O–H groups in total. The SMILES string of the molecule is Clc1cc2c(cc1CCC1CO1)OCCO2. The van der Waals surface area contributed by atoms with Crippen molar-refractivity contribution in [1.82, 2.24) is 0 Å². The molecule has 0 aromatic heterocycles. The van der Waals surface area contributed by atoms with Gasteiger partial charge >= 0.3 is 0 Å². The zero-order valence-electron chi connectivity index (χ0n) is 8.87. The van der Waals surface area contributed by atoms with Crippen LogP contribution in [0.4, 0.5) is 0 Å². The van der Waals surface area contributed by atoms with Crippen LogP contribution in [-0.4, -0.2) is 25.9 Å². The van der Waals surface area contributed by atoms with Gasteiger partial charge in [0.05, 0.1) is 12.7 Å². The summed E-state index contributed by atoms with van der Waals surface area (Å²) in [4.78, 5) is 0. The summed E-state index contributed by atoms with van der Waals surface area (Å²) in [5.41, 5.74) is 1.11. The molecule has 0 amide bonds. The lowest BCUT2D eigenvalue weighted by Crippen LogP contribution is -2.15. The van der Waals surface area contributed by atoms with Crippen LogP contribution in [0.1, 0.15) is 12.0 Å². The van der Waals surface area contributed by atoms with Crippen LogP contribution in [0, 0.1) is 0 Å². The van der Waals surface area contributed by atoms with Gasteiger partial charge in [-0.1, -0.05) is 11.6 Å². The zero-order valence-corrected chi connectivity index (χ0v) is 9.63. The summed E-state index contributed by atoms with van der Waals surface area (Å²) >= 11 is 6.19. The van der Waals surface area contributed by atoms with Crippen LogP contribution in [0.5, 0.6) is 11.5 Å². The molecular formula is C12H13ClO3. The molecule has 16 heavy (non-hydrogen) atoms. The van der Waals surface area contributed by atoms with Gasteiger partial charge in [0.15, 0.2) is 11.5 Å². The molecule has 1 aromatic carbocycles. The highest BCUT2D eigenvalue weighted by molar-refractivity contribution is 6.31. The summed E-state index contributed by atoms with van der Waals surface area (Å²) in [7, 11) is 0. The molecule has 3 nitrogen and oxygen atoms in total. The van der Waals surface area contributed by atoms with Crippen molar-refractivity contribution in [1.29, 1.82) is 0 Å². The molecule has 4 heteroatoms. The predicted octanol–water partition coefficient (Wildman–Crippen LogP) is 2.44. The second kappa shape index (κ2) is 4.15. The largest absolute Gasteiger partial charge is 0.486 e. The Kier molecular flexibility index (Phi) is 2.65. The fourth-order valence-electron chi connectivity index (χ4n) is 1.85. The Hall–Kier alpha value is -0.930. The van der Waals surface area contributed by atoms with Gasteiger partial charge in [-0.15, -0.1) is 0 Å². The lowest BCUT2D eigenvalue weighted by molar-refractivity contribution is 0.171. The zero-order chi connectivity index (χ0) is 11.0. The number of hydrogen-bond acceptors (Lipinski definition) is 3. The van der Waals surface area contributed by atoms with Gasteiger partial charge in [0, 0.05) is 11.1 Å². The van der Waals surface area contributed by atoms with Gasteiger partial charge in [0.2, 0.25) is 0 Å². The third-order valence-corrected chi connectivity index (χ3v) is 3.20. The Morgan fingerprint density at radius 3 is 2.56 bits per heavy atom. The Balaban J connectivity index is 1.80. The Bertz CT molecular complexity index is 401. The van der Waals surface area contributed by atoms with Crippen LogP contribution in [-0.2, 0) is 11.2 Å². The smallest absolute Gasteiger partial charge is 0.162 e. The number of hydrogen-bond donors (Lipinski definition) is 0. The molecule has 0 radical (unpaired) electrons. The van der Waals surface area contributed by atoms with Crippen molar-refractivity contribution >= 4 is 11.6 Å². The number of ether oxygens (including phenoxy) is 3. The van der Waals surface area contributed by atoms with Crippen LogP contribution in [0.15, 0.2) is 12.1 Å². The fourth-order valence-corrected chi connectivity index (χ4v) is 2.10. The summed E-state index contributed by atoms with van der Waals surface area (Å²) in [5.74, 6) is 1.56. The molecule has 0 spiro atoms. The first-order valence-electron chi connectivity index (χ1n) is 5.52. The minimum absolute atomic E-state index is 0.435. The molecule has 1 atom stereocenters. The van der Waals surface area contributed by atoms with E-state index in [9.17, 15) is 0 Å². The molecule has 1 fully saturated rings. The van der Waals surface area contributed by atoms with E-state index in [2.05, 4.69) is 0 Å². The van der Waals surface area contributed by atoms with Crippen molar-refractivity contribution < 1.29 is 14.2 Å². The van der Waals surface area contributed by atoms with Crippen LogP contribution in [0.3, 0.4) is 0 Å². The Labute approximate surface area is 99.3 Å². The lowest BCUT2D eigenvalue weighted by atomic mass is 10.1. The van der Waals surface area contributed by atoms with E-state index in [0.29, 0.717) is 19.3 Å². The molecule has 2 aliphatic heterocycles. The monoisotopic (exact) mass is 240 g/mol. The number of halogens is 1. The van der Waals surface area contributed by atoms with E-state index in [4.69, 9.17) is 25.8 Å². The van der Waals surface area contributed by atoms with Crippen molar-refractivity contribution in [2.24, 2.45) is 0 Å². The van der Waals surface area contributed by atoms with Gasteiger partial charge in [-0.05, 0) is 24.5 Å². The third-order valence-electron chi connectivity index (χ3n) is 2.85. The Morgan fingerprint density at radius 1 is 1.19 bits per heavy atom. The maximum absolute atomic E-state index is 6.19. The summed E-state index contributed by atoms with van der Waals surface area (Å²) in [6, 6.07) is 3.83. The summed E-state index contributed by atoms with van der Waals surface area (Å²) in [5, 5.41) is 0.755. The first kappa shape index (κ1) is 10.2. The van der Waals surface area contributed by atoms with Crippen molar-refractivity contribution in [3.8, 4) is 11.5 Å². The molecular weight excluding hydrogens is 228 g/mol. The third kappa shape index (κ3) is 2.11. The van der Waals surface area contributed by atoms with Crippen molar-refractivity contribution in [3.63, 3.8) is 0 Å². The topological polar surface area (TPSA) is 31.0 Å². The van der Waals surface area contributed by atoms with E-state index >= 15 is 0 Å². The van der Waals surface area contributed by atoms with Gasteiger partial charge < -0.3 is 14.2 Å². The highest BCUT2D eigenvalue weighted by Gasteiger charge is 2.23. The number of fused-ring (bicyclic) bond motifs is 1. The molecule has 3 rings (SSSR count). The molecule has 86 valence electrons.